The highest BCUT2D eigenvalue weighted by atomic mass is 35.5. The van der Waals surface area contributed by atoms with Gasteiger partial charge in [-0.2, -0.15) is 5.10 Å². The Morgan fingerprint density at radius 2 is 2.22 bits per heavy atom. The van der Waals surface area contributed by atoms with Crippen molar-refractivity contribution in [3.8, 4) is 5.75 Å². The largest absolute Gasteiger partial charge is 0.487 e. The van der Waals surface area contributed by atoms with Crippen LogP contribution in [0.5, 0.6) is 5.75 Å². The van der Waals surface area contributed by atoms with Crippen molar-refractivity contribution >= 4 is 23.2 Å². The Balaban J connectivity index is 2.06. The van der Waals surface area contributed by atoms with Crippen LogP contribution in [-0.2, 0) is 7.05 Å². The lowest BCUT2D eigenvalue weighted by atomic mass is 10.1. The summed E-state index contributed by atoms with van der Waals surface area (Å²) in [6, 6.07) is 4.89. The van der Waals surface area contributed by atoms with E-state index in [2.05, 4.69) is 5.10 Å². The monoisotopic (exact) mass is 341 g/mol. The number of aryl methyl sites for hydroxylation is 1. The molecule has 0 saturated heterocycles. The van der Waals surface area contributed by atoms with E-state index < -0.39 is 18.0 Å². The van der Waals surface area contributed by atoms with Crippen LogP contribution in [-0.4, -0.2) is 28.3 Å². The number of fused-ring (bicyclic) bond motifs is 1. The van der Waals surface area contributed by atoms with Gasteiger partial charge in [-0.05, 0) is 25.1 Å². The van der Waals surface area contributed by atoms with E-state index in [0.717, 1.165) is 10.9 Å². The summed E-state index contributed by atoms with van der Waals surface area (Å²) >= 11 is 5.98. The van der Waals surface area contributed by atoms with E-state index in [4.69, 9.17) is 16.3 Å². The van der Waals surface area contributed by atoms with E-state index in [1.54, 1.807) is 25.1 Å². The van der Waals surface area contributed by atoms with Crippen LogP contribution in [0.4, 0.5) is 14.5 Å². The number of anilines is 1. The van der Waals surface area contributed by atoms with Crippen LogP contribution >= 0.6 is 11.6 Å². The number of nitrogens with zero attached hydrogens (tertiary/aromatic N) is 3. The first kappa shape index (κ1) is 15.7. The molecule has 1 atom stereocenters. The number of benzene rings is 1. The average Bonchev–Trinajstić information content (AvgIpc) is 2.88. The van der Waals surface area contributed by atoms with Crippen LogP contribution in [0.25, 0.3) is 0 Å². The van der Waals surface area contributed by atoms with Crippen molar-refractivity contribution in [1.82, 2.24) is 9.78 Å². The van der Waals surface area contributed by atoms with E-state index in [-0.39, 0.29) is 18.2 Å². The maximum atomic E-state index is 13.2. The minimum Gasteiger partial charge on any atom is -0.487 e. The second-order valence-corrected chi connectivity index (χ2v) is 5.76. The summed E-state index contributed by atoms with van der Waals surface area (Å²) < 4.78 is 33.1. The first-order valence-electron chi connectivity index (χ1n) is 6.96. The standard InChI is InChI=1S/C15H14ClF2N3O2/c1-8-7-21(11-5-9(16)3-4-12(11)23-8)15(22)10-6-19-20(2)13(10)14(17)18/h3-6,8,14H,7H2,1-2H3/t8-/m1/s1. The van der Waals surface area contributed by atoms with Crippen LogP contribution in [0.2, 0.25) is 5.02 Å². The normalized spacial score (nSPS) is 17.1. The molecule has 0 aliphatic carbocycles. The fourth-order valence-corrected chi connectivity index (χ4v) is 2.79. The molecule has 2 aromatic rings. The second-order valence-electron chi connectivity index (χ2n) is 5.32. The lowest BCUT2D eigenvalue weighted by Gasteiger charge is -2.33. The van der Waals surface area contributed by atoms with E-state index in [9.17, 15) is 13.6 Å². The maximum Gasteiger partial charge on any atom is 0.280 e. The Hall–Kier alpha value is -2.15. The zero-order valence-electron chi connectivity index (χ0n) is 12.5. The van der Waals surface area contributed by atoms with E-state index in [0.29, 0.717) is 16.5 Å². The molecule has 0 spiro atoms. The van der Waals surface area contributed by atoms with Crippen molar-refractivity contribution < 1.29 is 18.3 Å². The van der Waals surface area contributed by atoms with Crippen LogP contribution in [0, 0.1) is 0 Å². The zero-order valence-corrected chi connectivity index (χ0v) is 13.2. The first-order valence-corrected chi connectivity index (χ1v) is 7.34. The number of amides is 1. The SMILES string of the molecule is C[C@@H]1CN(C(=O)c2cnn(C)c2C(F)F)c2cc(Cl)ccc2O1. The highest BCUT2D eigenvalue weighted by Crippen LogP contribution is 2.37. The molecule has 0 saturated carbocycles. The van der Waals surface area contributed by atoms with Gasteiger partial charge in [0.15, 0.2) is 0 Å². The number of carbonyl (C=O) groups excluding carboxylic acids is 1. The summed E-state index contributed by atoms with van der Waals surface area (Å²) in [7, 11) is 1.38. The number of aromatic nitrogens is 2. The summed E-state index contributed by atoms with van der Waals surface area (Å²) in [6.45, 7) is 2.04. The highest BCUT2D eigenvalue weighted by molar-refractivity contribution is 6.31. The lowest BCUT2D eigenvalue weighted by molar-refractivity contribution is 0.0944. The molecule has 122 valence electrons. The molecule has 1 aliphatic rings. The van der Waals surface area contributed by atoms with Crippen molar-refractivity contribution in [3.63, 3.8) is 0 Å². The van der Waals surface area contributed by atoms with Gasteiger partial charge in [-0.1, -0.05) is 11.6 Å². The van der Waals surface area contributed by atoms with Crippen LogP contribution in [0.3, 0.4) is 0 Å². The fourth-order valence-electron chi connectivity index (χ4n) is 2.62. The zero-order chi connectivity index (χ0) is 16.7. The number of hydrogen-bond acceptors (Lipinski definition) is 3. The molecule has 2 heterocycles. The Labute approximate surface area is 136 Å². The minimum absolute atomic E-state index is 0.123. The molecule has 0 N–H and O–H groups in total. The van der Waals surface area contributed by atoms with Crippen molar-refractivity contribution in [2.75, 3.05) is 11.4 Å². The summed E-state index contributed by atoms with van der Waals surface area (Å²) in [5, 5.41) is 4.21. The van der Waals surface area contributed by atoms with Crippen molar-refractivity contribution in [2.24, 2.45) is 7.05 Å². The Morgan fingerprint density at radius 3 is 2.91 bits per heavy atom. The molecule has 3 rings (SSSR count). The number of carbonyl (C=O) groups is 1. The Morgan fingerprint density at radius 1 is 1.48 bits per heavy atom. The number of ether oxygens (including phenoxy) is 1. The van der Waals surface area contributed by atoms with E-state index in [1.807, 2.05) is 0 Å². The van der Waals surface area contributed by atoms with Crippen LogP contribution in [0.15, 0.2) is 24.4 Å². The molecule has 0 radical (unpaired) electrons. The van der Waals surface area contributed by atoms with Gasteiger partial charge in [0, 0.05) is 12.1 Å². The van der Waals surface area contributed by atoms with E-state index >= 15 is 0 Å². The number of hydrogen-bond donors (Lipinski definition) is 0. The predicted octanol–water partition coefficient (Wildman–Crippen LogP) is 3.44. The maximum absolute atomic E-state index is 13.2. The third kappa shape index (κ3) is 2.76. The van der Waals surface area contributed by atoms with Crippen molar-refractivity contribution in [1.29, 1.82) is 0 Å². The number of rotatable bonds is 2. The highest BCUT2D eigenvalue weighted by Gasteiger charge is 2.32. The first-order chi connectivity index (χ1) is 10.9. The Kier molecular flexibility index (Phi) is 3.97. The topological polar surface area (TPSA) is 47.4 Å². The molecule has 1 aliphatic heterocycles. The lowest BCUT2D eigenvalue weighted by Crippen LogP contribution is -2.42. The molecular formula is C15H14ClF2N3O2. The molecule has 8 heteroatoms. The number of halogens is 3. The van der Waals surface area contributed by atoms with Gasteiger partial charge in [-0.15, -0.1) is 0 Å². The molecule has 23 heavy (non-hydrogen) atoms. The van der Waals surface area contributed by atoms with Gasteiger partial charge in [0.1, 0.15) is 17.5 Å². The Bertz CT molecular complexity index is 763. The van der Waals surface area contributed by atoms with Gasteiger partial charge in [0.2, 0.25) is 0 Å². The predicted molar refractivity (Wildman–Crippen MR) is 81.4 cm³/mol. The minimum atomic E-state index is -2.79. The molecule has 5 nitrogen and oxygen atoms in total. The van der Waals surface area contributed by atoms with Gasteiger partial charge in [-0.25, -0.2) is 8.78 Å². The smallest absolute Gasteiger partial charge is 0.280 e. The molecule has 0 unspecified atom stereocenters. The summed E-state index contributed by atoms with van der Waals surface area (Å²) in [5.41, 5.74) is -0.0649. The van der Waals surface area contributed by atoms with Crippen molar-refractivity contribution in [2.45, 2.75) is 19.5 Å². The average molecular weight is 342 g/mol. The van der Waals surface area contributed by atoms with Gasteiger partial charge in [-0.3, -0.25) is 9.48 Å². The van der Waals surface area contributed by atoms with Gasteiger partial charge < -0.3 is 9.64 Å². The molecule has 1 aromatic heterocycles. The summed E-state index contributed by atoms with van der Waals surface area (Å²) in [4.78, 5) is 14.2. The fraction of sp³-hybridized carbons (Fsp3) is 0.333. The van der Waals surface area contributed by atoms with Crippen LogP contribution in [0.1, 0.15) is 29.4 Å². The van der Waals surface area contributed by atoms with Gasteiger partial charge in [0.05, 0.1) is 24.0 Å². The quantitative estimate of drug-likeness (QED) is 0.840. The molecular weight excluding hydrogens is 328 g/mol. The molecule has 0 bridgehead atoms. The molecule has 1 amide bonds. The van der Waals surface area contributed by atoms with Crippen molar-refractivity contribution in [3.05, 3.63) is 40.7 Å². The molecule has 0 fully saturated rings. The third-order valence-electron chi connectivity index (χ3n) is 3.65. The van der Waals surface area contributed by atoms with E-state index in [1.165, 1.54) is 11.9 Å². The second kappa shape index (κ2) is 5.81. The van der Waals surface area contributed by atoms with Gasteiger partial charge >= 0.3 is 0 Å². The molecule has 1 aromatic carbocycles. The third-order valence-corrected chi connectivity index (χ3v) is 3.88. The van der Waals surface area contributed by atoms with Crippen LogP contribution < -0.4 is 9.64 Å². The summed E-state index contributed by atoms with van der Waals surface area (Å²) in [6.07, 6.45) is -1.90. The summed E-state index contributed by atoms with van der Waals surface area (Å²) in [5.74, 6) is -0.0592. The number of alkyl halides is 2. The van der Waals surface area contributed by atoms with Gasteiger partial charge in [0.25, 0.3) is 12.3 Å².